The average molecular weight is 421 g/mol. The molecule has 0 aliphatic heterocycles. The summed E-state index contributed by atoms with van der Waals surface area (Å²) in [6, 6.07) is 15.4. The molecule has 1 aliphatic carbocycles. The van der Waals surface area contributed by atoms with Gasteiger partial charge in [0.15, 0.2) is 0 Å². The van der Waals surface area contributed by atoms with Crippen molar-refractivity contribution in [1.82, 2.24) is 5.32 Å². The molecule has 2 N–H and O–H groups in total. The van der Waals surface area contributed by atoms with Crippen LogP contribution < -0.4 is 10.1 Å². The molecule has 2 aromatic carbocycles. The Morgan fingerprint density at radius 1 is 1.07 bits per heavy atom. The van der Waals surface area contributed by atoms with Crippen LogP contribution in [0.2, 0.25) is 0 Å². The zero-order valence-corrected chi connectivity index (χ0v) is 16.6. The lowest BCUT2D eigenvalue weighted by molar-refractivity contribution is -0.274. The van der Waals surface area contributed by atoms with Crippen LogP contribution in [0.15, 0.2) is 54.6 Å². The highest BCUT2D eigenvalue weighted by atomic mass is 19.4. The van der Waals surface area contributed by atoms with Gasteiger partial charge in [-0.3, -0.25) is 4.79 Å². The standard InChI is InChI=1S/C23H26F3NO3/c24-23(25,26)30-18-12-9-17(10-13-18)15-27-22(29)20-8-4-7-19(20)21(28)14-11-16-5-2-1-3-6-16/h1-3,5-6,9-10,12-13,19-21,28H,4,7-8,11,14-15H2,(H,27,29)/t19-,20-,21?/m1/s1. The van der Waals surface area contributed by atoms with Gasteiger partial charge in [0.05, 0.1) is 6.10 Å². The molecule has 1 saturated carbocycles. The van der Waals surface area contributed by atoms with E-state index in [2.05, 4.69) is 10.1 Å². The Balaban J connectivity index is 1.49. The van der Waals surface area contributed by atoms with Crippen molar-refractivity contribution in [2.75, 3.05) is 0 Å². The van der Waals surface area contributed by atoms with Crippen molar-refractivity contribution in [1.29, 1.82) is 0 Å². The number of aliphatic hydroxyl groups excluding tert-OH is 1. The highest BCUT2D eigenvalue weighted by molar-refractivity contribution is 5.79. The van der Waals surface area contributed by atoms with Crippen LogP contribution in [0.4, 0.5) is 13.2 Å². The first-order chi connectivity index (χ1) is 14.3. The number of hydrogen-bond donors (Lipinski definition) is 2. The van der Waals surface area contributed by atoms with Crippen molar-refractivity contribution in [2.45, 2.75) is 51.1 Å². The van der Waals surface area contributed by atoms with E-state index in [4.69, 9.17) is 0 Å². The predicted molar refractivity (Wildman–Crippen MR) is 107 cm³/mol. The predicted octanol–water partition coefficient (Wildman–Crippen LogP) is 4.61. The fraction of sp³-hybridized carbons (Fsp3) is 0.435. The van der Waals surface area contributed by atoms with Crippen molar-refractivity contribution in [3.63, 3.8) is 0 Å². The summed E-state index contributed by atoms with van der Waals surface area (Å²) in [5.41, 5.74) is 1.84. The van der Waals surface area contributed by atoms with Crippen molar-refractivity contribution in [2.24, 2.45) is 11.8 Å². The molecule has 1 fully saturated rings. The van der Waals surface area contributed by atoms with Crippen molar-refractivity contribution >= 4 is 5.91 Å². The summed E-state index contributed by atoms with van der Waals surface area (Å²) >= 11 is 0. The Labute approximate surface area is 174 Å². The summed E-state index contributed by atoms with van der Waals surface area (Å²) < 4.78 is 40.5. The lowest BCUT2D eigenvalue weighted by Crippen LogP contribution is -2.36. The number of benzene rings is 2. The van der Waals surface area contributed by atoms with E-state index in [9.17, 15) is 23.1 Å². The quantitative estimate of drug-likeness (QED) is 0.654. The van der Waals surface area contributed by atoms with Crippen LogP contribution in [0.3, 0.4) is 0 Å². The minimum Gasteiger partial charge on any atom is -0.406 e. The molecule has 0 saturated heterocycles. The maximum atomic E-state index is 12.7. The van der Waals surface area contributed by atoms with Crippen LogP contribution in [0, 0.1) is 11.8 Å². The van der Waals surface area contributed by atoms with Gasteiger partial charge in [-0.1, -0.05) is 48.9 Å². The van der Waals surface area contributed by atoms with Crippen LogP contribution in [0.25, 0.3) is 0 Å². The first kappa shape index (κ1) is 22.2. The second-order valence-electron chi connectivity index (χ2n) is 7.70. The smallest absolute Gasteiger partial charge is 0.406 e. The number of rotatable bonds is 8. The van der Waals surface area contributed by atoms with E-state index in [1.807, 2.05) is 30.3 Å². The lowest BCUT2D eigenvalue weighted by atomic mass is 9.87. The third kappa shape index (κ3) is 6.49. The van der Waals surface area contributed by atoms with Crippen LogP contribution in [0.1, 0.15) is 36.8 Å². The largest absolute Gasteiger partial charge is 0.573 e. The topological polar surface area (TPSA) is 58.6 Å². The normalized spacial score (nSPS) is 20.0. The fourth-order valence-electron chi connectivity index (χ4n) is 4.08. The molecule has 162 valence electrons. The molecule has 0 spiro atoms. The average Bonchev–Trinajstić information content (AvgIpc) is 3.21. The minimum atomic E-state index is -4.73. The molecule has 0 radical (unpaired) electrons. The Morgan fingerprint density at radius 3 is 2.43 bits per heavy atom. The zero-order chi connectivity index (χ0) is 21.6. The molecule has 0 heterocycles. The van der Waals surface area contributed by atoms with E-state index in [1.54, 1.807) is 0 Å². The van der Waals surface area contributed by atoms with Crippen LogP contribution in [-0.2, 0) is 17.8 Å². The number of aliphatic hydroxyl groups is 1. The molecular formula is C23H26F3NO3. The second kappa shape index (κ2) is 9.98. The van der Waals surface area contributed by atoms with Gasteiger partial charge in [0.25, 0.3) is 0 Å². The summed E-state index contributed by atoms with van der Waals surface area (Å²) in [5, 5.41) is 13.5. The molecular weight excluding hydrogens is 395 g/mol. The number of alkyl halides is 3. The Bertz CT molecular complexity index is 809. The van der Waals surface area contributed by atoms with Crippen molar-refractivity contribution < 1.29 is 27.8 Å². The fourth-order valence-corrected chi connectivity index (χ4v) is 4.08. The monoisotopic (exact) mass is 421 g/mol. The lowest BCUT2D eigenvalue weighted by Gasteiger charge is -2.24. The summed E-state index contributed by atoms with van der Waals surface area (Å²) in [4.78, 5) is 12.7. The van der Waals surface area contributed by atoms with Gasteiger partial charge in [0, 0.05) is 12.5 Å². The second-order valence-corrected chi connectivity index (χ2v) is 7.70. The van der Waals surface area contributed by atoms with Crippen molar-refractivity contribution in [3.8, 4) is 5.75 Å². The van der Waals surface area contributed by atoms with Gasteiger partial charge < -0.3 is 15.2 Å². The van der Waals surface area contributed by atoms with E-state index >= 15 is 0 Å². The van der Waals surface area contributed by atoms with Crippen molar-refractivity contribution in [3.05, 3.63) is 65.7 Å². The number of halogens is 3. The molecule has 0 aromatic heterocycles. The van der Waals surface area contributed by atoms with Gasteiger partial charge >= 0.3 is 6.36 Å². The molecule has 4 nitrogen and oxygen atoms in total. The number of nitrogens with one attached hydrogen (secondary N) is 1. The summed E-state index contributed by atoms with van der Waals surface area (Å²) in [7, 11) is 0. The number of amides is 1. The number of carbonyl (C=O) groups is 1. The highest BCUT2D eigenvalue weighted by Crippen LogP contribution is 2.36. The van der Waals surface area contributed by atoms with E-state index in [1.165, 1.54) is 24.3 Å². The molecule has 2 aromatic rings. The first-order valence-electron chi connectivity index (χ1n) is 10.2. The van der Waals surface area contributed by atoms with E-state index in [0.717, 1.165) is 31.2 Å². The van der Waals surface area contributed by atoms with Crippen LogP contribution >= 0.6 is 0 Å². The Hall–Kier alpha value is -2.54. The van der Waals surface area contributed by atoms with Crippen LogP contribution in [-0.4, -0.2) is 23.5 Å². The number of carbonyl (C=O) groups excluding carboxylic acids is 1. The molecule has 30 heavy (non-hydrogen) atoms. The highest BCUT2D eigenvalue weighted by Gasteiger charge is 2.37. The Morgan fingerprint density at radius 2 is 1.77 bits per heavy atom. The molecule has 3 rings (SSSR count). The summed E-state index contributed by atoms with van der Waals surface area (Å²) in [5.74, 6) is -0.735. The maximum absolute atomic E-state index is 12.7. The van der Waals surface area contributed by atoms with Crippen LogP contribution in [0.5, 0.6) is 5.75 Å². The van der Waals surface area contributed by atoms with Gasteiger partial charge in [-0.25, -0.2) is 0 Å². The molecule has 0 bridgehead atoms. The molecule has 3 atom stereocenters. The van der Waals surface area contributed by atoms with E-state index < -0.39 is 12.5 Å². The number of aryl methyl sites for hydroxylation is 1. The van der Waals surface area contributed by atoms with Gasteiger partial charge in [-0.2, -0.15) is 0 Å². The van der Waals surface area contributed by atoms with E-state index in [0.29, 0.717) is 12.0 Å². The number of ether oxygens (including phenoxy) is 1. The van der Waals surface area contributed by atoms with Gasteiger partial charge in [0.2, 0.25) is 5.91 Å². The van der Waals surface area contributed by atoms with Gasteiger partial charge in [-0.05, 0) is 54.9 Å². The molecule has 7 heteroatoms. The summed E-state index contributed by atoms with van der Waals surface area (Å²) in [6.07, 6.45) is -1.45. The minimum absolute atomic E-state index is 0.0729. The SMILES string of the molecule is O=C(NCc1ccc(OC(F)(F)F)cc1)[C@@H]1CCC[C@H]1C(O)CCc1ccccc1. The van der Waals surface area contributed by atoms with Gasteiger partial charge in [-0.15, -0.1) is 13.2 Å². The third-order valence-electron chi connectivity index (χ3n) is 5.60. The van der Waals surface area contributed by atoms with E-state index in [-0.39, 0.29) is 30.0 Å². The zero-order valence-electron chi connectivity index (χ0n) is 16.6. The molecule has 1 aliphatic rings. The maximum Gasteiger partial charge on any atom is 0.573 e. The third-order valence-corrected chi connectivity index (χ3v) is 5.60. The number of hydrogen-bond acceptors (Lipinski definition) is 3. The Kier molecular flexibility index (Phi) is 7.37. The first-order valence-corrected chi connectivity index (χ1v) is 10.2. The summed E-state index contributed by atoms with van der Waals surface area (Å²) in [6.45, 7) is 0.217. The molecule has 1 amide bonds. The molecule has 1 unspecified atom stereocenters. The van der Waals surface area contributed by atoms with Gasteiger partial charge in [0.1, 0.15) is 5.75 Å².